The van der Waals surface area contributed by atoms with Gasteiger partial charge in [0.2, 0.25) is 0 Å². The molecule has 0 aliphatic rings. The first-order valence-corrected chi connectivity index (χ1v) is 10.2. The van der Waals surface area contributed by atoms with Gasteiger partial charge in [-0.05, 0) is 48.7 Å². The molecule has 0 aliphatic carbocycles. The number of nitrogens with zero attached hydrogens (tertiary/aromatic N) is 2. The molecule has 1 amide bonds. The van der Waals surface area contributed by atoms with E-state index in [1.807, 2.05) is 56.3 Å². The molecule has 6 nitrogen and oxygen atoms in total. The molecule has 0 unspecified atom stereocenters. The number of para-hydroxylation sites is 1. The highest BCUT2D eigenvalue weighted by molar-refractivity contribution is 6.31. The predicted octanol–water partition coefficient (Wildman–Crippen LogP) is 5.63. The number of carbonyl (C=O) groups is 1. The zero-order valence-electron chi connectivity index (χ0n) is 17.3. The lowest BCUT2D eigenvalue weighted by Crippen LogP contribution is -2.12. The maximum absolute atomic E-state index is 12.5. The van der Waals surface area contributed by atoms with E-state index in [1.54, 1.807) is 29.1 Å². The number of carbonyl (C=O) groups excluding carboxylic acids is 1. The van der Waals surface area contributed by atoms with Gasteiger partial charge in [0.15, 0.2) is 11.6 Å². The van der Waals surface area contributed by atoms with Crippen molar-refractivity contribution in [1.29, 1.82) is 0 Å². The largest absolute Gasteiger partial charge is 0.485 e. The number of aryl methyl sites for hydroxylation is 2. The van der Waals surface area contributed by atoms with Crippen LogP contribution in [0, 0.1) is 13.8 Å². The van der Waals surface area contributed by atoms with Crippen LogP contribution in [0.2, 0.25) is 5.02 Å². The molecule has 0 spiro atoms. The first-order valence-electron chi connectivity index (χ1n) is 9.85. The maximum atomic E-state index is 12.5. The molecule has 0 bridgehead atoms. The topological polar surface area (TPSA) is 69.3 Å². The fourth-order valence-corrected chi connectivity index (χ4v) is 3.44. The summed E-state index contributed by atoms with van der Waals surface area (Å²) in [5.41, 5.74) is 3.05. The van der Waals surface area contributed by atoms with Crippen LogP contribution in [0.4, 0.5) is 5.82 Å². The fourth-order valence-electron chi connectivity index (χ4n) is 3.24. The van der Waals surface area contributed by atoms with Gasteiger partial charge in [0.1, 0.15) is 18.1 Å². The van der Waals surface area contributed by atoms with Crippen LogP contribution in [0.5, 0.6) is 5.75 Å². The molecular formula is C24H22ClN3O3. The number of furan rings is 1. The van der Waals surface area contributed by atoms with Crippen molar-refractivity contribution < 1.29 is 13.9 Å². The molecule has 7 heteroatoms. The zero-order valence-corrected chi connectivity index (χ0v) is 18.0. The van der Waals surface area contributed by atoms with E-state index in [0.29, 0.717) is 23.1 Å². The summed E-state index contributed by atoms with van der Waals surface area (Å²) in [6.45, 7) is 4.74. The Balaban J connectivity index is 1.36. The van der Waals surface area contributed by atoms with Crippen molar-refractivity contribution in [3.8, 4) is 5.75 Å². The molecule has 0 atom stereocenters. The minimum atomic E-state index is -0.374. The average Bonchev–Trinajstić information content (AvgIpc) is 3.39. The van der Waals surface area contributed by atoms with Crippen LogP contribution in [0.1, 0.15) is 33.0 Å². The standard InChI is InChI=1S/C24H22ClN3O3/c1-16-6-5-7-17(2)23(16)30-15-19-10-11-21(31-19)24(29)26-22-12-13-28(27-22)14-18-8-3-4-9-20(18)25/h3-13H,14-15H2,1-2H3,(H,26,27,29). The number of amides is 1. The van der Waals surface area contributed by atoms with Gasteiger partial charge >= 0.3 is 0 Å². The highest BCUT2D eigenvalue weighted by Crippen LogP contribution is 2.24. The van der Waals surface area contributed by atoms with Crippen LogP contribution in [0.3, 0.4) is 0 Å². The SMILES string of the molecule is Cc1cccc(C)c1OCc1ccc(C(=O)Nc2ccn(Cc3ccccc3Cl)n2)o1. The third kappa shape index (κ3) is 4.98. The number of benzene rings is 2. The van der Waals surface area contributed by atoms with Crippen LogP contribution in [-0.2, 0) is 13.2 Å². The minimum absolute atomic E-state index is 0.195. The molecule has 4 aromatic rings. The van der Waals surface area contributed by atoms with Gasteiger partial charge in [0, 0.05) is 17.3 Å². The predicted molar refractivity (Wildman–Crippen MR) is 120 cm³/mol. The summed E-state index contributed by atoms with van der Waals surface area (Å²) in [5.74, 6) is 1.65. The van der Waals surface area contributed by atoms with Crippen molar-refractivity contribution in [2.45, 2.75) is 27.0 Å². The highest BCUT2D eigenvalue weighted by atomic mass is 35.5. The Morgan fingerprint density at radius 3 is 2.61 bits per heavy atom. The van der Waals surface area contributed by atoms with E-state index in [-0.39, 0.29) is 18.3 Å². The number of hydrogen-bond donors (Lipinski definition) is 1. The van der Waals surface area contributed by atoms with Gasteiger partial charge in [-0.15, -0.1) is 0 Å². The van der Waals surface area contributed by atoms with E-state index in [0.717, 1.165) is 22.4 Å². The molecule has 0 radical (unpaired) electrons. The molecule has 2 heterocycles. The van der Waals surface area contributed by atoms with E-state index >= 15 is 0 Å². The van der Waals surface area contributed by atoms with E-state index in [2.05, 4.69) is 10.4 Å². The van der Waals surface area contributed by atoms with E-state index < -0.39 is 0 Å². The fraction of sp³-hybridized carbons (Fsp3) is 0.167. The summed E-state index contributed by atoms with van der Waals surface area (Å²) in [5, 5.41) is 7.80. The third-order valence-corrected chi connectivity index (χ3v) is 5.19. The van der Waals surface area contributed by atoms with Gasteiger partial charge in [-0.2, -0.15) is 5.10 Å². The number of hydrogen-bond acceptors (Lipinski definition) is 4. The Morgan fingerprint density at radius 2 is 1.84 bits per heavy atom. The van der Waals surface area contributed by atoms with Gasteiger partial charge < -0.3 is 14.5 Å². The molecule has 0 saturated carbocycles. The Morgan fingerprint density at radius 1 is 1.06 bits per heavy atom. The second-order valence-corrected chi connectivity index (χ2v) is 7.63. The first kappa shape index (κ1) is 20.8. The second-order valence-electron chi connectivity index (χ2n) is 7.22. The van der Waals surface area contributed by atoms with Crippen molar-refractivity contribution in [3.63, 3.8) is 0 Å². The van der Waals surface area contributed by atoms with Crippen LogP contribution in [-0.4, -0.2) is 15.7 Å². The molecule has 2 aromatic heterocycles. The summed E-state index contributed by atoms with van der Waals surface area (Å²) in [4.78, 5) is 12.5. The van der Waals surface area contributed by atoms with Gasteiger partial charge in [0.05, 0.1) is 6.54 Å². The van der Waals surface area contributed by atoms with Crippen molar-refractivity contribution in [1.82, 2.24) is 9.78 Å². The number of rotatable bonds is 7. The monoisotopic (exact) mass is 435 g/mol. The summed E-state index contributed by atoms with van der Waals surface area (Å²) < 4.78 is 13.2. The minimum Gasteiger partial charge on any atom is -0.485 e. The number of nitrogens with one attached hydrogen (secondary N) is 1. The van der Waals surface area contributed by atoms with Crippen LogP contribution >= 0.6 is 11.6 Å². The number of halogens is 1. The number of ether oxygens (including phenoxy) is 1. The maximum Gasteiger partial charge on any atom is 0.292 e. The Kier molecular flexibility index (Phi) is 6.09. The van der Waals surface area contributed by atoms with Gasteiger partial charge in [-0.1, -0.05) is 48.0 Å². The summed E-state index contributed by atoms with van der Waals surface area (Å²) >= 11 is 6.20. The highest BCUT2D eigenvalue weighted by Gasteiger charge is 2.14. The molecule has 31 heavy (non-hydrogen) atoms. The molecule has 0 fully saturated rings. The van der Waals surface area contributed by atoms with E-state index in [9.17, 15) is 4.79 Å². The lowest BCUT2D eigenvalue weighted by atomic mass is 10.1. The molecule has 0 aliphatic heterocycles. The quantitative estimate of drug-likeness (QED) is 0.408. The molecule has 1 N–H and O–H groups in total. The molecule has 2 aromatic carbocycles. The molecular weight excluding hydrogens is 414 g/mol. The summed E-state index contributed by atoms with van der Waals surface area (Å²) in [6.07, 6.45) is 1.78. The number of aromatic nitrogens is 2. The lowest BCUT2D eigenvalue weighted by Gasteiger charge is -2.10. The van der Waals surface area contributed by atoms with Gasteiger partial charge in [-0.25, -0.2) is 0 Å². The second kappa shape index (κ2) is 9.10. The molecule has 0 saturated heterocycles. The van der Waals surface area contributed by atoms with Crippen LogP contribution < -0.4 is 10.1 Å². The Hall–Kier alpha value is -3.51. The van der Waals surface area contributed by atoms with Gasteiger partial charge in [-0.3, -0.25) is 9.48 Å². The van der Waals surface area contributed by atoms with Crippen molar-refractivity contribution in [2.75, 3.05) is 5.32 Å². The summed E-state index contributed by atoms with van der Waals surface area (Å²) in [7, 11) is 0. The average molecular weight is 436 g/mol. The third-order valence-electron chi connectivity index (χ3n) is 4.83. The van der Waals surface area contributed by atoms with Crippen molar-refractivity contribution in [2.24, 2.45) is 0 Å². The molecule has 4 rings (SSSR count). The van der Waals surface area contributed by atoms with Crippen molar-refractivity contribution in [3.05, 3.63) is 100 Å². The van der Waals surface area contributed by atoms with Gasteiger partial charge in [0.25, 0.3) is 5.91 Å². The Bertz CT molecular complexity index is 1190. The Labute approximate surface area is 185 Å². The normalized spacial score (nSPS) is 10.8. The smallest absolute Gasteiger partial charge is 0.292 e. The van der Waals surface area contributed by atoms with Crippen LogP contribution in [0.25, 0.3) is 0 Å². The molecule has 158 valence electrons. The zero-order chi connectivity index (χ0) is 21.8. The van der Waals surface area contributed by atoms with E-state index in [4.69, 9.17) is 20.8 Å². The summed E-state index contributed by atoms with van der Waals surface area (Å²) in [6, 6.07) is 18.6. The van der Waals surface area contributed by atoms with Crippen molar-refractivity contribution >= 4 is 23.3 Å². The first-order chi connectivity index (χ1) is 15.0. The number of anilines is 1. The van der Waals surface area contributed by atoms with E-state index in [1.165, 1.54) is 0 Å². The lowest BCUT2D eigenvalue weighted by molar-refractivity contribution is 0.0992. The van der Waals surface area contributed by atoms with Crippen LogP contribution in [0.15, 0.2) is 71.3 Å².